The number of phenols is 1. The lowest BCUT2D eigenvalue weighted by molar-refractivity contribution is 0.0953. The Labute approximate surface area is 130 Å². The number of halogens is 1. The van der Waals surface area contributed by atoms with E-state index in [0.717, 1.165) is 10.9 Å². The molecule has 0 spiro atoms. The van der Waals surface area contributed by atoms with Gasteiger partial charge in [-0.25, -0.2) is 9.97 Å². The first kappa shape index (κ1) is 15.2. The van der Waals surface area contributed by atoms with Gasteiger partial charge in [-0.1, -0.05) is 6.07 Å². The van der Waals surface area contributed by atoms with Crippen molar-refractivity contribution in [2.24, 2.45) is 0 Å². The Hall–Kier alpha value is -2.15. The van der Waals surface area contributed by atoms with Crippen LogP contribution in [-0.4, -0.2) is 34.1 Å². The molecule has 0 aliphatic rings. The lowest BCUT2D eigenvalue weighted by Gasteiger charge is -2.07. The molecule has 1 heterocycles. The molecule has 0 fully saturated rings. The summed E-state index contributed by atoms with van der Waals surface area (Å²) in [5.41, 5.74) is 0.444. The van der Waals surface area contributed by atoms with Crippen molar-refractivity contribution < 1.29 is 9.90 Å². The van der Waals surface area contributed by atoms with Gasteiger partial charge in [-0.2, -0.15) is 0 Å². The molecule has 0 saturated heterocycles. The molecule has 2 aromatic rings. The monoisotopic (exact) mass is 350 g/mol. The number of hydrogen-bond donors (Lipinski definition) is 3. The van der Waals surface area contributed by atoms with Crippen molar-refractivity contribution in [1.82, 2.24) is 15.3 Å². The van der Waals surface area contributed by atoms with E-state index in [1.165, 1.54) is 12.1 Å². The van der Waals surface area contributed by atoms with Gasteiger partial charge in [0.15, 0.2) is 0 Å². The Morgan fingerprint density at radius 1 is 1.24 bits per heavy atom. The normalized spacial score (nSPS) is 10.1. The quantitative estimate of drug-likeness (QED) is 0.695. The van der Waals surface area contributed by atoms with Gasteiger partial charge in [0.25, 0.3) is 5.91 Å². The van der Waals surface area contributed by atoms with E-state index in [9.17, 15) is 9.90 Å². The molecule has 1 amide bonds. The second-order valence-electron chi connectivity index (χ2n) is 4.31. The van der Waals surface area contributed by atoms with Crippen LogP contribution in [0.1, 0.15) is 16.8 Å². The van der Waals surface area contributed by atoms with E-state index in [0.29, 0.717) is 24.6 Å². The summed E-state index contributed by atoms with van der Waals surface area (Å²) in [6.07, 6.45) is 4.07. The topological polar surface area (TPSA) is 87.1 Å². The first-order chi connectivity index (χ1) is 10.1. The highest BCUT2D eigenvalue weighted by atomic mass is 79.9. The Bertz CT molecular complexity index is 604. The van der Waals surface area contributed by atoms with Gasteiger partial charge < -0.3 is 15.7 Å². The second kappa shape index (κ2) is 7.58. The molecule has 1 aromatic heterocycles. The standard InChI is InChI=1S/C14H15BrN4O2/c15-11-8-18-14(19-9-11)17-6-2-5-16-13(21)10-3-1-4-12(20)7-10/h1,3-4,7-9,20H,2,5-6H2,(H,16,21)(H,17,18,19). The van der Waals surface area contributed by atoms with Crippen molar-refractivity contribution in [1.29, 1.82) is 0 Å². The van der Waals surface area contributed by atoms with Crippen molar-refractivity contribution >= 4 is 27.8 Å². The number of aromatic hydroxyl groups is 1. The molecule has 0 aliphatic carbocycles. The highest BCUT2D eigenvalue weighted by Crippen LogP contribution is 2.10. The summed E-state index contributed by atoms with van der Waals surface area (Å²) in [6.45, 7) is 1.18. The highest BCUT2D eigenvalue weighted by molar-refractivity contribution is 9.10. The number of nitrogens with zero attached hydrogens (tertiary/aromatic N) is 2. The molecule has 21 heavy (non-hydrogen) atoms. The molecule has 1 aromatic carbocycles. The number of aromatic nitrogens is 2. The number of nitrogens with one attached hydrogen (secondary N) is 2. The van der Waals surface area contributed by atoms with Crippen LogP contribution >= 0.6 is 15.9 Å². The van der Waals surface area contributed by atoms with Gasteiger partial charge in [-0.15, -0.1) is 0 Å². The van der Waals surface area contributed by atoms with Crippen LogP contribution in [0.2, 0.25) is 0 Å². The predicted octanol–water partition coefficient (Wildman–Crippen LogP) is 2.18. The summed E-state index contributed by atoms with van der Waals surface area (Å²) in [5, 5.41) is 15.2. The van der Waals surface area contributed by atoms with Crippen molar-refractivity contribution in [2.45, 2.75) is 6.42 Å². The second-order valence-corrected chi connectivity index (χ2v) is 5.23. The van der Waals surface area contributed by atoms with E-state index in [4.69, 9.17) is 0 Å². The molecule has 0 unspecified atom stereocenters. The first-order valence-electron chi connectivity index (χ1n) is 6.44. The van der Waals surface area contributed by atoms with Crippen LogP contribution in [0.25, 0.3) is 0 Å². The Kier molecular flexibility index (Phi) is 5.51. The van der Waals surface area contributed by atoms with Crippen LogP contribution in [0, 0.1) is 0 Å². The van der Waals surface area contributed by atoms with E-state index in [1.54, 1.807) is 24.5 Å². The van der Waals surface area contributed by atoms with Gasteiger partial charge in [0.2, 0.25) is 5.95 Å². The Balaban J connectivity index is 1.68. The van der Waals surface area contributed by atoms with Gasteiger partial charge in [-0.3, -0.25) is 4.79 Å². The van der Waals surface area contributed by atoms with Crippen LogP contribution in [0.3, 0.4) is 0 Å². The SMILES string of the molecule is O=C(NCCCNc1ncc(Br)cn1)c1cccc(O)c1. The van der Waals surface area contributed by atoms with Crippen molar-refractivity contribution in [2.75, 3.05) is 18.4 Å². The molecule has 0 bridgehead atoms. The number of amides is 1. The Morgan fingerprint density at radius 3 is 2.71 bits per heavy atom. The van der Waals surface area contributed by atoms with Crippen LogP contribution in [0.5, 0.6) is 5.75 Å². The third-order valence-corrected chi connectivity index (χ3v) is 3.06. The third kappa shape index (κ3) is 5.03. The average Bonchev–Trinajstić information content (AvgIpc) is 2.48. The third-order valence-electron chi connectivity index (χ3n) is 2.65. The average molecular weight is 351 g/mol. The van der Waals surface area contributed by atoms with E-state index in [2.05, 4.69) is 36.5 Å². The minimum absolute atomic E-state index is 0.0803. The number of rotatable bonds is 6. The number of hydrogen-bond acceptors (Lipinski definition) is 5. The zero-order chi connectivity index (χ0) is 15.1. The lowest BCUT2D eigenvalue weighted by atomic mass is 10.2. The smallest absolute Gasteiger partial charge is 0.251 e. The van der Waals surface area contributed by atoms with Crippen LogP contribution < -0.4 is 10.6 Å². The minimum atomic E-state index is -0.203. The zero-order valence-corrected chi connectivity index (χ0v) is 12.8. The molecule has 0 atom stereocenters. The Morgan fingerprint density at radius 2 is 2.00 bits per heavy atom. The molecule has 3 N–H and O–H groups in total. The van der Waals surface area contributed by atoms with Crippen LogP contribution in [0.15, 0.2) is 41.1 Å². The maximum absolute atomic E-state index is 11.8. The number of benzene rings is 1. The molecule has 0 radical (unpaired) electrons. The fourth-order valence-electron chi connectivity index (χ4n) is 1.64. The molecular formula is C14H15BrN4O2. The van der Waals surface area contributed by atoms with Crippen LogP contribution in [0.4, 0.5) is 5.95 Å². The van der Waals surface area contributed by atoms with Gasteiger partial charge >= 0.3 is 0 Å². The van der Waals surface area contributed by atoms with Crippen molar-refractivity contribution in [3.8, 4) is 5.75 Å². The summed E-state index contributed by atoms with van der Waals surface area (Å²) >= 11 is 3.26. The van der Waals surface area contributed by atoms with E-state index < -0.39 is 0 Å². The van der Waals surface area contributed by atoms with Crippen LogP contribution in [-0.2, 0) is 0 Å². The predicted molar refractivity (Wildman–Crippen MR) is 83.3 cm³/mol. The summed E-state index contributed by atoms with van der Waals surface area (Å²) in [4.78, 5) is 20.0. The van der Waals surface area contributed by atoms with Gasteiger partial charge in [0.05, 0.1) is 4.47 Å². The van der Waals surface area contributed by atoms with E-state index in [-0.39, 0.29) is 11.7 Å². The lowest BCUT2D eigenvalue weighted by Crippen LogP contribution is -2.25. The van der Waals surface area contributed by atoms with Gasteiger partial charge in [-0.05, 0) is 40.5 Å². The molecule has 6 nitrogen and oxygen atoms in total. The maximum Gasteiger partial charge on any atom is 0.251 e. The van der Waals surface area contributed by atoms with Gasteiger partial charge in [0, 0.05) is 31.0 Å². The molecular weight excluding hydrogens is 336 g/mol. The number of phenolic OH excluding ortho intramolecular Hbond substituents is 1. The molecule has 7 heteroatoms. The number of anilines is 1. The maximum atomic E-state index is 11.8. The molecule has 2 rings (SSSR count). The first-order valence-corrected chi connectivity index (χ1v) is 7.23. The summed E-state index contributed by atoms with van der Waals surface area (Å²) < 4.78 is 0.825. The fraction of sp³-hybridized carbons (Fsp3) is 0.214. The van der Waals surface area contributed by atoms with E-state index >= 15 is 0 Å². The van der Waals surface area contributed by atoms with Gasteiger partial charge in [0.1, 0.15) is 5.75 Å². The summed E-state index contributed by atoms with van der Waals surface area (Å²) in [6, 6.07) is 6.25. The number of carbonyl (C=O) groups excluding carboxylic acids is 1. The van der Waals surface area contributed by atoms with Crippen molar-refractivity contribution in [3.63, 3.8) is 0 Å². The summed E-state index contributed by atoms with van der Waals surface area (Å²) in [5.74, 6) is 0.431. The summed E-state index contributed by atoms with van der Waals surface area (Å²) in [7, 11) is 0. The van der Waals surface area contributed by atoms with E-state index in [1.807, 2.05) is 0 Å². The fourth-order valence-corrected chi connectivity index (χ4v) is 1.85. The number of carbonyl (C=O) groups is 1. The molecule has 110 valence electrons. The van der Waals surface area contributed by atoms with Crippen molar-refractivity contribution in [3.05, 3.63) is 46.7 Å². The minimum Gasteiger partial charge on any atom is -0.508 e. The molecule has 0 aliphatic heterocycles. The highest BCUT2D eigenvalue weighted by Gasteiger charge is 2.04. The molecule has 0 saturated carbocycles. The zero-order valence-electron chi connectivity index (χ0n) is 11.2. The largest absolute Gasteiger partial charge is 0.508 e.